The summed E-state index contributed by atoms with van der Waals surface area (Å²) in [7, 11) is 3.69. The van der Waals surface area contributed by atoms with E-state index in [-0.39, 0.29) is 5.91 Å². The van der Waals surface area contributed by atoms with Crippen LogP contribution in [0.4, 0.5) is 0 Å². The van der Waals surface area contributed by atoms with Crippen LogP contribution >= 0.6 is 0 Å². The molecule has 0 aliphatic carbocycles. The van der Waals surface area contributed by atoms with Gasteiger partial charge in [0.2, 0.25) is 0 Å². The molecule has 0 saturated heterocycles. The Kier molecular flexibility index (Phi) is 4.88. The third-order valence-electron chi connectivity index (χ3n) is 4.15. The molecule has 6 heteroatoms. The molecule has 3 aromatic rings. The van der Waals surface area contributed by atoms with E-state index >= 15 is 0 Å². The minimum absolute atomic E-state index is 0.0446. The Morgan fingerprint density at radius 1 is 1.12 bits per heavy atom. The standard InChI is InChI=1S/C19H21N5O/c1-4-14-11-21-18(22-12-14)15-5-7-16(8-6-15)19(25)24(3)13-17-20-9-10-23(17)2/h5-12H,4,13H2,1-3H3. The van der Waals surface area contributed by atoms with E-state index in [9.17, 15) is 4.79 Å². The van der Waals surface area contributed by atoms with Crippen molar-refractivity contribution in [1.29, 1.82) is 0 Å². The Balaban J connectivity index is 1.72. The van der Waals surface area contributed by atoms with Crippen LogP contribution in [0.25, 0.3) is 11.4 Å². The number of nitrogens with zero attached hydrogens (tertiary/aromatic N) is 5. The molecule has 128 valence electrons. The lowest BCUT2D eigenvalue weighted by Gasteiger charge is -2.17. The number of aryl methyl sites for hydroxylation is 2. The van der Waals surface area contributed by atoms with Gasteiger partial charge in [0.25, 0.3) is 5.91 Å². The van der Waals surface area contributed by atoms with Crippen molar-refractivity contribution >= 4 is 5.91 Å². The van der Waals surface area contributed by atoms with Crippen LogP contribution in [0.5, 0.6) is 0 Å². The second-order valence-electron chi connectivity index (χ2n) is 5.96. The Hall–Kier alpha value is -3.02. The molecule has 0 N–H and O–H groups in total. The molecule has 0 saturated carbocycles. The molecule has 0 spiro atoms. The molecule has 2 aromatic heterocycles. The fourth-order valence-electron chi connectivity index (χ4n) is 2.50. The normalized spacial score (nSPS) is 10.7. The van der Waals surface area contributed by atoms with Gasteiger partial charge in [-0.25, -0.2) is 15.0 Å². The highest BCUT2D eigenvalue weighted by atomic mass is 16.2. The summed E-state index contributed by atoms with van der Waals surface area (Å²) < 4.78 is 1.91. The summed E-state index contributed by atoms with van der Waals surface area (Å²) >= 11 is 0. The lowest BCUT2D eigenvalue weighted by atomic mass is 10.1. The van der Waals surface area contributed by atoms with Crippen LogP contribution in [-0.2, 0) is 20.0 Å². The lowest BCUT2D eigenvalue weighted by Crippen LogP contribution is -2.27. The third kappa shape index (κ3) is 3.74. The average Bonchev–Trinajstić information content (AvgIpc) is 3.06. The third-order valence-corrected chi connectivity index (χ3v) is 4.15. The summed E-state index contributed by atoms with van der Waals surface area (Å²) in [6.07, 6.45) is 8.18. The van der Waals surface area contributed by atoms with Gasteiger partial charge in [0.15, 0.2) is 5.82 Å². The van der Waals surface area contributed by atoms with Crippen molar-refractivity contribution in [3.05, 3.63) is 66.0 Å². The maximum Gasteiger partial charge on any atom is 0.254 e. The van der Waals surface area contributed by atoms with E-state index in [0.717, 1.165) is 23.4 Å². The van der Waals surface area contributed by atoms with Crippen LogP contribution in [-0.4, -0.2) is 37.4 Å². The molecule has 0 bridgehead atoms. The van der Waals surface area contributed by atoms with Crippen molar-refractivity contribution in [3.63, 3.8) is 0 Å². The Morgan fingerprint density at radius 3 is 2.36 bits per heavy atom. The molecule has 25 heavy (non-hydrogen) atoms. The highest BCUT2D eigenvalue weighted by Crippen LogP contribution is 2.16. The number of rotatable bonds is 5. The largest absolute Gasteiger partial charge is 0.337 e. The molecular weight excluding hydrogens is 314 g/mol. The fraction of sp³-hybridized carbons (Fsp3) is 0.263. The fourth-order valence-corrected chi connectivity index (χ4v) is 2.50. The summed E-state index contributed by atoms with van der Waals surface area (Å²) in [5.74, 6) is 1.46. The monoisotopic (exact) mass is 335 g/mol. The van der Waals surface area contributed by atoms with Crippen LogP contribution in [0.1, 0.15) is 28.7 Å². The van der Waals surface area contributed by atoms with Gasteiger partial charge in [-0.05, 0) is 24.1 Å². The van der Waals surface area contributed by atoms with E-state index in [4.69, 9.17) is 0 Å². The van der Waals surface area contributed by atoms with Gasteiger partial charge in [-0.15, -0.1) is 0 Å². The van der Waals surface area contributed by atoms with Crippen molar-refractivity contribution in [3.8, 4) is 11.4 Å². The molecule has 0 unspecified atom stereocenters. The van der Waals surface area contributed by atoms with Crippen LogP contribution in [0.3, 0.4) is 0 Å². The van der Waals surface area contributed by atoms with Gasteiger partial charge >= 0.3 is 0 Å². The summed E-state index contributed by atoms with van der Waals surface area (Å²) in [5.41, 5.74) is 2.63. The maximum atomic E-state index is 12.6. The molecule has 0 aliphatic rings. The van der Waals surface area contributed by atoms with Crippen LogP contribution in [0, 0.1) is 0 Å². The first kappa shape index (κ1) is 16.8. The zero-order valence-electron chi connectivity index (χ0n) is 14.7. The number of hydrogen-bond donors (Lipinski definition) is 0. The number of hydrogen-bond acceptors (Lipinski definition) is 4. The van der Waals surface area contributed by atoms with Crippen LogP contribution in [0.15, 0.2) is 49.1 Å². The van der Waals surface area contributed by atoms with Gasteiger partial charge in [-0.1, -0.05) is 19.1 Å². The zero-order chi connectivity index (χ0) is 17.8. The minimum Gasteiger partial charge on any atom is -0.337 e. The van der Waals surface area contributed by atoms with E-state index < -0.39 is 0 Å². The molecule has 0 atom stereocenters. The second kappa shape index (κ2) is 7.25. The van der Waals surface area contributed by atoms with Crippen molar-refractivity contribution in [2.24, 2.45) is 7.05 Å². The van der Waals surface area contributed by atoms with Gasteiger partial charge in [-0.2, -0.15) is 0 Å². The molecule has 1 aromatic carbocycles. The van der Waals surface area contributed by atoms with Crippen molar-refractivity contribution in [2.75, 3.05) is 7.05 Å². The minimum atomic E-state index is -0.0446. The van der Waals surface area contributed by atoms with Gasteiger partial charge in [0, 0.05) is 50.0 Å². The van der Waals surface area contributed by atoms with E-state index in [0.29, 0.717) is 17.9 Å². The van der Waals surface area contributed by atoms with E-state index in [1.807, 2.05) is 54.5 Å². The topological polar surface area (TPSA) is 63.9 Å². The van der Waals surface area contributed by atoms with Gasteiger partial charge in [0.1, 0.15) is 5.82 Å². The summed E-state index contributed by atoms with van der Waals surface area (Å²) in [4.78, 5) is 27.2. The maximum absolute atomic E-state index is 12.6. The van der Waals surface area contributed by atoms with E-state index in [1.165, 1.54) is 0 Å². The first-order valence-electron chi connectivity index (χ1n) is 8.21. The smallest absolute Gasteiger partial charge is 0.254 e. The first-order valence-corrected chi connectivity index (χ1v) is 8.21. The number of aromatic nitrogens is 4. The van der Waals surface area contributed by atoms with Gasteiger partial charge in [0.05, 0.1) is 6.54 Å². The number of benzene rings is 1. The molecular formula is C19H21N5O. The number of amides is 1. The molecule has 0 aliphatic heterocycles. The number of carbonyl (C=O) groups is 1. The quantitative estimate of drug-likeness (QED) is 0.719. The van der Waals surface area contributed by atoms with Crippen molar-refractivity contribution in [1.82, 2.24) is 24.4 Å². The first-order chi connectivity index (χ1) is 12.1. The summed E-state index contributed by atoms with van der Waals surface area (Å²) in [5, 5.41) is 0. The lowest BCUT2D eigenvalue weighted by molar-refractivity contribution is 0.0780. The second-order valence-corrected chi connectivity index (χ2v) is 5.96. The summed E-state index contributed by atoms with van der Waals surface area (Å²) in [6, 6.07) is 7.37. The predicted octanol–water partition coefficient (Wildman–Crippen LogP) is 2.71. The Morgan fingerprint density at radius 2 is 1.80 bits per heavy atom. The van der Waals surface area contributed by atoms with Gasteiger partial charge in [-0.3, -0.25) is 4.79 Å². The molecule has 6 nitrogen and oxygen atoms in total. The molecule has 3 rings (SSSR count). The van der Waals surface area contributed by atoms with Crippen molar-refractivity contribution < 1.29 is 4.79 Å². The predicted molar refractivity (Wildman–Crippen MR) is 95.9 cm³/mol. The van der Waals surface area contributed by atoms with Crippen LogP contribution in [0.2, 0.25) is 0 Å². The highest BCUT2D eigenvalue weighted by molar-refractivity contribution is 5.94. The molecule has 2 heterocycles. The number of carbonyl (C=O) groups excluding carboxylic acids is 1. The summed E-state index contributed by atoms with van der Waals surface area (Å²) in [6.45, 7) is 2.53. The SMILES string of the molecule is CCc1cnc(-c2ccc(C(=O)N(C)Cc3nccn3C)cc2)nc1. The Labute approximate surface area is 147 Å². The molecule has 1 amide bonds. The Bertz CT molecular complexity index is 852. The highest BCUT2D eigenvalue weighted by Gasteiger charge is 2.14. The average molecular weight is 335 g/mol. The van der Waals surface area contributed by atoms with Crippen LogP contribution < -0.4 is 0 Å². The van der Waals surface area contributed by atoms with Gasteiger partial charge < -0.3 is 9.47 Å². The molecule has 0 fully saturated rings. The number of imidazole rings is 1. The molecule has 0 radical (unpaired) electrons. The van der Waals surface area contributed by atoms with Crippen molar-refractivity contribution in [2.45, 2.75) is 19.9 Å². The zero-order valence-corrected chi connectivity index (χ0v) is 14.7. The van der Waals surface area contributed by atoms with E-state index in [1.54, 1.807) is 18.1 Å². The van der Waals surface area contributed by atoms with E-state index in [2.05, 4.69) is 21.9 Å².